The summed E-state index contributed by atoms with van der Waals surface area (Å²) in [5, 5.41) is 3.19. The number of carbonyl (C=O) groups excluding carboxylic acids is 1. The number of aromatic nitrogens is 2. The van der Waals surface area contributed by atoms with Gasteiger partial charge in [0.05, 0.1) is 5.69 Å². The van der Waals surface area contributed by atoms with Gasteiger partial charge in [0, 0.05) is 18.5 Å². The van der Waals surface area contributed by atoms with E-state index in [-0.39, 0.29) is 11.8 Å². The largest absolute Gasteiger partial charge is 0.310 e. The van der Waals surface area contributed by atoms with Gasteiger partial charge in [-0.05, 0) is 30.5 Å². The van der Waals surface area contributed by atoms with E-state index in [4.69, 9.17) is 4.98 Å². The van der Waals surface area contributed by atoms with E-state index in [2.05, 4.69) is 17.4 Å². The van der Waals surface area contributed by atoms with Gasteiger partial charge in [-0.2, -0.15) is 0 Å². The van der Waals surface area contributed by atoms with Crippen molar-refractivity contribution < 1.29 is 4.79 Å². The molecule has 3 aromatic rings. The van der Waals surface area contributed by atoms with Crippen LogP contribution in [0.3, 0.4) is 0 Å². The van der Waals surface area contributed by atoms with Crippen molar-refractivity contribution >= 4 is 17.4 Å². The normalized spacial score (nSPS) is 15.4. The maximum Gasteiger partial charge on any atom is 0.228 e. The van der Waals surface area contributed by atoms with Crippen molar-refractivity contribution in [1.82, 2.24) is 9.38 Å². The summed E-state index contributed by atoms with van der Waals surface area (Å²) in [6.07, 6.45) is 8.23. The molecule has 0 aliphatic heterocycles. The highest BCUT2D eigenvalue weighted by atomic mass is 16.2. The predicted octanol–water partition coefficient (Wildman–Crippen LogP) is 4.44. The number of hydrogen-bond acceptors (Lipinski definition) is 2. The Bertz CT molecular complexity index is 863. The molecule has 0 spiro atoms. The smallest absolute Gasteiger partial charge is 0.228 e. The summed E-state index contributed by atoms with van der Waals surface area (Å²) in [5.41, 5.74) is 2.98. The van der Waals surface area contributed by atoms with Gasteiger partial charge in [0.2, 0.25) is 5.91 Å². The molecule has 2 heterocycles. The Morgan fingerprint density at radius 1 is 1.04 bits per heavy atom. The van der Waals surface area contributed by atoms with Crippen LogP contribution in [0.4, 0.5) is 5.82 Å². The van der Waals surface area contributed by atoms with Crippen molar-refractivity contribution in [2.75, 3.05) is 5.32 Å². The number of hydrogen-bond donors (Lipinski definition) is 1. The minimum atomic E-state index is 0.132. The Hall–Kier alpha value is -2.62. The summed E-state index contributed by atoms with van der Waals surface area (Å²) in [6, 6.07) is 16.2. The van der Waals surface area contributed by atoms with Gasteiger partial charge in [-0.1, -0.05) is 55.7 Å². The van der Waals surface area contributed by atoms with Crippen LogP contribution in [0.25, 0.3) is 5.65 Å². The van der Waals surface area contributed by atoms with Gasteiger partial charge in [0.1, 0.15) is 11.5 Å². The van der Waals surface area contributed by atoms with Crippen LogP contribution in [0.2, 0.25) is 0 Å². The number of rotatable bonds is 4. The van der Waals surface area contributed by atoms with Gasteiger partial charge >= 0.3 is 0 Å². The third-order valence-electron chi connectivity index (χ3n) is 5.03. The molecule has 1 aliphatic carbocycles. The van der Waals surface area contributed by atoms with Crippen LogP contribution in [-0.2, 0) is 11.2 Å². The maximum absolute atomic E-state index is 12.8. The molecule has 1 aliphatic rings. The third kappa shape index (κ3) is 3.43. The second-order valence-corrected chi connectivity index (χ2v) is 6.82. The number of benzene rings is 1. The number of anilines is 1. The summed E-state index contributed by atoms with van der Waals surface area (Å²) in [4.78, 5) is 17.5. The predicted molar refractivity (Wildman–Crippen MR) is 99.6 cm³/mol. The van der Waals surface area contributed by atoms with Crippen LogP contribution in [0.1, 0.15) is 43.4 Å². The second-order valence-electron chi connectivity index (χ2n) is 6.82. The molecule has 128 valence electrons. The highest BCUT2D eigenvalue weighted by molar-refractivity contribution is 5.93. The summed E-state index contributed by atoms with van der Waals surface area (Å²) in [5.74, 6) is 1.09. The first kappa shape index (κ1) is 15.9. The Morgan fingerprint density at radius 3 is 2.60 bits per heavy atom. The fourth-order valence-corrected chi connectivity index (χ4v) is 3.67. The number of imidazole rings is 1. The monoisotopic (exact) mass is 333 g/mol. The lowest BCUT2D eigenvalue weighted by Crippen LogP contribution is -2.25. The lowest BCUT2D eigenvalue weighted by Gasteiger charge is -2.21. The maximum atomic E-state index is 12.8. The molecule has 1 aromatic carbocycles. The average Bonchev–Trinajstić information content (AvgIpc) is 3.00. The van der Waals surface area contributed by atoms with Gasteiger partial charge in [0.15, 0.2) is 0 Å². The minimum absolute atomic E-state index is 0.132. The zero-order valence-corrected chi connectivity index (χ0v) is 14.3. The average molecular weight is 333 g/mol. The highest BCUT2D eigenvalue weighted by Crippen LogP contribution is 2.27. The van der Waals surface area contributed by atoms with E-state index < -0.39 is 0 Å². The van der Waals surface area contributed by atoms with E-state index >= 15 is 0 Å². The van der Waals surface area contributed by atoms with Crippen molar-refractivity contribution in [1.29, 1.82) is 0 Å². The first-order valence-corrected chi connectivity index (χ1v) is 9.12. The quantitative estimate of drug-likeness (QED) is 0.767. The molecule has 1 amide bonds. The van der Waals surface area contributed by atoms with Crippen molar-refractivity contribution in [3.05, 3.63) is 66.0 Å². The number of nitrogens with one attached hydrogen (secondary N) is 1. The number of pyridine rings is 1. The molecule has 1 fully saturated rings. The van der Waals surface area contributed by atoms with Gasteiger partial charge in [-0.15, -0.1) is 0 Å². The standard InChI is InChI=1S/C21H23N3O/c25-21(17-11-5-2-6-12-17)23-20-18(15-16-9-3-1-4-10-16)22-19-13-7-8-14-24(19)20/h1,3-4,7-10,13-14,17H,2,5-6,11-12,15H2,(H,23,25). The molecule has 0 unspecified atom stereocenters. The molecule has 1 N–H and O–H groups in total. The van der Waals surface area contributed by atoms with E-state index in [9.17, 15) is 4.79 Å². The molecule has 0 saturated heterocycles. The Balaban J connectivity index is 1.65. The number of nitrogens with zero attached hydrogens (tertiary/aromatic N) is 2. The summed E-state index contributed by atoms with van der Waals surface area (Å²) < 4.78 is 1.99. The van der Waals surface area contributed by atoms with Gasteiger partial charge in [-0.25, -0.2) is 4.98 Å². The molecular formula is C21H23N3O. The first-order chi connectivity index (χ1) is 12.3. The summed E-state index contributed by atoms with van der Waals surface area (Å²) in [7, 11) is 0. The van der Waals surface area contributed by atoms with Crippen molar-refractivity contribution in [2.45, 2.75) is 38.5 Å². The summed E-state index contributed by atoms with van der Waals surface area (Å²) >= 11 is 0. The minimum Gasteiger partial charge on any atom is -0.310 e. The molecule has 4 heteroatoms. The molecule has 0 bridgehead atoms. The lowest BCUT2D eigenvalue weighted by molar-refractivity contribution is -0.120. The van der Waals surface area contributed by atoms with Crippen LogP contribution in [0.5, 0.6) is 0 Å². The van der Waals surface area contributed by atoms with Gasteiger partial charge in [-0.3, -0.25) is 9.20 Å². The van der Waals surface area contributed by atoms with Gasteiger partial charge < -0.3 is 5.32 Å². The van der Waals surface area contributed by atoms with Crippen molar-refractivity contribution in [3.63, 3.8) is 0 Å². The van der Waals surface area contributed by atoms with Crippen molar-refractivity contribution in [3.8, 4) is 0 Å². The van der Waals surface area contributed by atoms with E-state index in [1.807, 2.05) is 47.0 Å². The van der Waals surface area contributed by atoms with E-state index in [1.165, 1.54) is 12.0 Å². The molecule has 0 atom stereocenters. The first-order valence-electron chi connectivity index (χ1n) is 9.12. The van der Waals surface area contributed by atoms with Gasteiger partial charge in [0.25, 0.3) is 0 Å². The van der Waals surface area contributed by atoms with E-state index in [0.717, 1.165) is 42.8 Å². The highest BCUT2D eigenvalue weighted by Gasteiger charge is 2.23. The molecule has 4 nitrogen and oxygen atoms in total. The fourth-order valence-electron chi connectivity index (χ4n) is 3.67. The SMILES string of the molecule is O=C(Nc1c(Cc2ccccc2)nc2ccccn12)C1CCCCC1. The van der Waals surface area contributed by atoms with Crippen LogP contribution < -0.4 is 5.32 Å². The Kier molecular flexibility index (Phi) is 4.51. The zero-order chi connectivity index (χ0) is 17.1. The van der Waals surface area contributed by atoms with Crippen LogP contribution in [0.15, 0.2) is 54.7 Å². The van der Waals surface area contributed by atoms with Crippen LogP contribution >= 0.6 is 0 Å². The van der Waals surface area contributed by atoms with Crippen LogP contribution in [-0.4, -0.2) is 15.3 Å². The number of amides is 1. The van der Waals surface area contributed by atoms with Crippen molar-refractivity contribution in [2.24, 2.45) is 5.92 Å². The molecule has 4 rings (SSSR count). The second kappa shape index (κ2) is 7.09. The fraction of sp³-hybridized carbons (Fsp3) is 0.333. The Labute approximate surface area is 147 Å². The van der Waals surface area contributed by atoms with E-state index in [0.29, 0.717) is 6.42 Å². The lowest BCUT2D eigenvalue weighted by atomic mass is 9.88. The van der Waals surface area contributed by atoms with E-state index in [1.54, 1.807) is 0 Å². The van der Waals surface area contributed by atoms with Crippen LogP contribution in [0, 0.1) is 5.92 Å². The molecule has 25 heavy (non-hydrogen) atoms. The number of carbonyl (C=O) groups is 1. The topological polar surface area (TPSA) is 46.4 Å². The summed E-state index contributed by atoms with van der Waals surface area (Å²) in [6.45, 7) is 0. The molecule has 1 saturated carbocycles. The molecule has 0 radical (unpaired) electrons. The number of fused-ring (bicyclic) bond motifs is 1. The third-order valence-corrected chi connectivity index (χ3v) is 5.03. The molecular weight excluding hydrogens is 310 g/mol. The molecule has 2 aromatic heterocycles. The zero-order valence-electron chi connectivity index (χ0n) is 14.3. The Morgan fingerprint density at radius 2 is 1.80 bits per heavy atom.